The van der Waals surface area contributed by atoms with Crippen molar-refractivity contribution >= 4 is 29.0 Å². The van der Waals surface area contributed by atoms with Gasteiger partial charge in [0, 0.05) is 23.2 Å². The van der Waals surface area contributed by atoms with Gasteiger partial charge in [0.15, 0.2) is 0 Å². The summed E-state index contributed by atoms with van der Waals surface area (Å²) in [6, 6.07) is 16.3. The third kappa shape index (κ3) is 5.03. The van der Waals surface area contributed by atoms with Crippen LogP contribution in [0, 0.1) is 0 Å². The maximum absolute atomic E-state index is 12.8. The molecule has 1 aliphatic rings. The number of aromatic nitrogens is 1. The van der Waals surface area contributed by atoms with Crippen molar-refractivity contribution in [1.82, 2.24) is 15.2 Å². The first kappa shape index (κ1) is 20.9. The Morgan fingerprint density at radius 3 is 2.68 bits per heavy atom. The fourth-order valence-corrected chi connectivity index (χ4v) is 4.37. The summed E-state index contributed by atoms with van der Waals surface area (Å²) >= 11 is 1.55. The van der Waals surface area contributed by atoms with Crippen LogP contribution < -0.4 is 15.4 Å². The maximum Gasteiger partial charge on any atom is 0.322 e. The Morgan fingerprint density at radius 1 is 1.16 bits per heavy atom. The molecule has 31 heavy (non-hydrogen) atoms. The first-order valence-corrected chi connectivity index (χ1v) is 11.0. The van der Waals surface area contributed by atoms with E-state index < -0.39 is 6.04 Å². The monoisotopic (exact) mass is 436 g/mol. The second-order valence-electron chi connectivity index (χ2n) is 7.24. The van der Waals surface area contributed by atoms with Crippen molar-refractivity contribution < 1.29 is 14.3 Å². The molecule has 0 radical (unpaired) electrons. The fraction of sp³-hybridized carbons (Fsp3) is 0.261. The van der Waals surface area contributed by atoms with Crippen LogP contribution in [0.5, 0.6) is 5.75 Å². The lowest BCUT2D eigenvalue weighted by atomic mass is 10.2. The molecule has 3 amide bonds. The minimum Gasteiger partial charge on any atom is -0.497 e. The number of methoxy groups -OCH3 is 1. The van der Waals surface area contributed by atoms with Crippen LogP contribution in [0.15, 0.2) is 60.0 Å². The Kier molecular flexibility index (Phi) is 6.47. The molecule has 4 rings (SSSR count). The van der Waals surface area contributed by atoms with E-state index in [1.54, 1.807) is 47.6 Å². The zero-order chi connectivity index (χ0) is 21.6. The molecule has 7 nitrogen and oxygen atoms in total. The van der Waals surface area contributed by atoms with E-state index in [9.17, 15) is 9.59 Å². The number of nitrogens with zero attached hydrogens (tertiary/aromatic N) is 2. The predicted molar refractivity (Wildman–Crippen MR) is 121 cm³/mol. The Balaban J connectivity index is 1.33. The van der Waals surface area contributed by atoms with Gasteiger partial charge in [0.05, 0.1) is 19.3 Å². The number of amides is 3. The standard InChI is InChI=1S/C23H24N4O3S/c1-30-19-11-9-17(10-12-19)26-23(29)27-13-5-8-20(27)21(28)24-14-18-15-31-22(25-18)16-6-3-2-4-7-16/h2-4,6-7,9-12,15,20H,5,8,13-14H2,1H3,(H,24,28)(H,26,29). The minimum absolute atomic E-state index is 0.156. The molecule has 1 saturated heterocycles. The van der Waals surface area contributed by atoms with Crippen molar-refractivity contribution in [2.45, 2.75) is 25.4 Å². The van der Waals surface area contributed by atoms with Crippen LogP contribution in [-0.2, 0) is 11.3 Å². The zero-order valence-electron chi connectivity index (χ0n) is 17.2. The topological polar surface area (TPSA) is 83.6 Å². The summed E-state index contributed by atoms with van der Waals surface area (Å²) in [7, 11) is 1.59. The minimum atomic E-state index is -0.481. The van der Waals surface area contributed by atoms with Crippen molar-refractivity contribution in [1.29, 1.82) is 0 Å². The van der Waals surface area contributed by atoms with Gasteiger partial charge in [-0.3, -0.25) is 4.79 Å². The van der Waals surface area contributed by atoms with Crippen molar-refractivity contribution in [2.24, 2.45) is 0 Å². The zero-order valence-corrected chi connectivity index (χ0v) is 18.0. The molecule has 2 heterocycles. The molecule has 160 valence electrons. The van der Waals surface area contributed by atoms with Gasteiger partial charge in [-0.05, 0) is 37.1 Å². The molecular weight excluding hydrogens is 412 g/mol. The number of urea groups is 1. The number of likely N-dealkylation sites (tertiary alicyclic amines) is 1. The fourth-order valence-electron chi connectivity index (χ4n) is 3.55. The molecule has 1 aromatic heterocycles. The summed E-state index contributed by atoms with van der Waals surface area (Å²) in [4.78, 5) is 31.7. The third-order valence-corrected chi connectivity index (χ3v) is 6.11. The molecule has 2 N–H and O–H groups in total. The predicted octanol–water partition coefficient (Wildman–Crippen LogP) is 4.13. The van der Waals surface area contributed by atoms with Gasteiger partial charge in [-0.1, -0.05) is 30.3 Å². The van der Waals surface area contributed by atoms with E-state index >= 15 is 0 Å². The highest BCUT2D eigenvalue weighted by Gasteiger charge is 2.34. The number of carbonyl (C=O) groups is 2. The van der Waals surface area contributed by atoms with Crippen LogP contribution in [0.2, 0.25) is 0 Å². The Bertz CT molecular complexity index is 1040. The highest BCUT2D eigenvalue weighted by molar-refractivity contribution is 7.13. The van der Waals surface area contributed by atoms with E-state index in [4.69, 9.17) is 4.74 Å². The number of rotatable bonds is 6. The largest absolute Gasteiger partial charge is 0.497 e. The van der Waals surface area contributed by atoms with Crippen LogP contribution in [0.3, 0.4) is 0 Å². The molecule has 1 unspecified atom stereocenters. The summed E-state index contributed by atoms with van der Waals surface area (Å²) in [6.45, 7) is 0.890. The van der Waals surface area contributed by atoms with Crippen molar-refractivity contribution in [3.05, 3.63) is 65.7 Å². The van der Waals surface area contributed by atoms with E-state index in [1.165, 1.54) is 0 Å². The summed E-state index contributed by atoms with van der Waals surface area (Å²) in [6.07, 6.45) is 1.44. The summed E-state index contributed by atoms with van der Waals surface area (Å²) in [5.74, 6) is 0.561. The SMILES string of the molecule is COc1ccc(NC(=O)N2CCCC2C(=O)NCc2csc(-c3ccccc3)n2)cc1. The first-order valence-electron chi connectivity index (χ1n) is 10.1. The molecule has 0 bridgehead atoms. The molecule has 0 saturated carbocycles. The number of hydrogen-bond acceptors (Lipinski definition) is 5. The number of thiazole rings is 1. The molecular formula is C23H24N4O3S. The molecule has 3 aromatic rings. The maximum atomic E-state index is 12.8. The van der Waals surface area contributed by atoms with Crippen molar-refractivity contribution in [3.63, 3.8) is 0 Å². The smallest absolute Gasteiger partial charge is 0.322 e. The lowest BCUT2D eigenvalue weighted by Gasteiger charge is -2.24. The van der Waals surface area contributed by atoms with Gasteiger partial charge in [0.1, 0.15) is 16.8 Å². The van der Waals surface area contributed by atoms with Gasteiger partial charge in [-0.2, -0.15) is 0 Å². The van der Waals surface area contributed by atoms with Gasteiger partial charge in [0.25, 0.3) is 0 Å². The van der Waals surface area contributed by atoms with Crippen LogP contribution in [0.25, 0.3) is 10.6 Å². The van der Waals surface area contributed by atoms with E-state index in [2.05, 4.69) is 15.6 Å². The molecule has 2 aromatic carbocycles. The molecule has 1 aliphatic heterocycles. The second-order valence-corrected chi connectivity index (χ2v) is 8.10. The molecule has 1 fully saturated rings. The van der Waals surface area contributed by atoms with E-state index in [0.29, 0.717) is 30.9 Å². The first-order chi connectivity index (χ1) is 15.1. The van der Waals surface area contributed by atoms with Crippen LogP contribution >= 0.6 is 11.3 Å². The second kappa shape index (κ2) is 9.61. The number of ether oxygens (including phenoxy) is 1. The Labute approximate surface area is 185 Å². The molecule has 8 heteroatoms. The van der Waals surface area contributed by atoms with E-state index in [0.717, 1.165) is 22.7 Å². The van der Waals surface area contributed by atoms with E-state index in [-0.39, 0.29) is 11.9 Å². The van der Waals surface area contributed by atoms with Crippen LogP contribution in [0.4, 0.5) is 10.5 Å². The van der Waals surface area contributed by atoms with Gasteiger partial charge in [0.2, 0.25) is 5.91 Å². The quantitative estimate of drug-likeness (QED) is 0.609. The van der Waals surface area contributed by atoms with Gasteiger partial charge in [-0.15, -0.1) is 11.3 Å². The van der Waals surface area contributed by atoms with Gasteiger partial charge in [-0.25, -0.2) is 9.78 Å². The number of benzene rings is 2. The molecule has 1 atom stereocenters. The lowest BCUT2D eigenvalue weighted by molar-refractivity contribution is -0.124. The highest BCUT2D eigenvalue weighted by Crippen LogP contribution is 2.24. The van der Waals surface area contributed by atoms with Gasteiger partial charge >= 0.3 is 6.03 Å². The van der Waals surface area contributed by atoms with Crippen LogP contribution in [-0.4, -0.2) is 41.5 Å². The van der Waals surface area contributed by atoms with Crippen molar-refractivity contribution in [2.75, 3.05) is 19.0 Å². The van der Waals surface area contributed by atoms with Gasteiger partial charge < -0.3 is 20.3 Å². The average molecular weight is 437 g/mol. The molecule has 0 spiro atoms. The van der Waals surface area contributed by atoms with Crippen molar-refractivity contribution in [3.8, 4) is 16.3 Å². The Morgan fingerprint density at radius 2 is 1.94 bits per heavy atom. The number of nitrogens with one attached hydrogen (secondary N) is 2. The third-order valence-electron chi connectivity index (χ3n) is 5.17. The molecule has 0 aliphatic carbocycles. The number of anilines is 1. The Hall–Kier alpha value is -3.39. The number of carbonyl (C=O) groups excluding carboxylic acids is 2. The highest BCUT2D eigenvalue weighted by atomic mass is 32.1. The summed E-state index contributed by atoms with van der Waals surface area (Å²) in [5.41, 5.74) is 2.53. The summed E-state index contributed by atoms with van der Waals surface area (Å²) < 4.78 is 5.13. The lowest BCUT2D eigenvalue weighted by Crippen LogP contribution is -2.47. The average Bonchev–Trinajstić information content (AvgIpc) is 3.49. The van der Waals surface area contributed by atoms with E-state index in [1.807, 2.05) is 35.7 Å². The normalized spacial score (nSPS) is 15.5. The number of hydrogen-bond donors (Lipinski definition) is 2. The van der Waals surface area contributed by atoms with Crippen LogP contribution in [0.1, 0.15) is 18.5 Å². The summed E-state index contributed by atoms with van der Waals surface area (Å²) in [5, 5.41) is 8.66.